The number of rotatable bonds is 5. The van der Waals surface area contributed by atoms with Crippen LogP contribution in [0.5, 0.6) is 0 Å². The van der Waals surface area contributed by atoms with E-state index in [2.05, 4.69) is 36.5 Å². The molecule has 0 unspecified atom stereocenters. The van der Waals surface area contributed by atoms with Gasteiger partial charge in [0.1, 0.15) is 5.01 Å². The molecule has 0 spiro atoms. The van der Waals surface area contributed by atoms with Crippen molar-refractivity contribution in [2.45, 2.75) is 26.2 Å². The summed E-state index contributed by atoms with van der Waals surface area (Å²) in [7, 11) is 0. The minimum absolute atomic E-state index is 0.187. The Morgan fingerprint density at radius 3 is 2.54 bits per heavy atom. The SMILES string of the molecule is CCNC(=NCc1ccc(Br)cc1)NCc1nc(C(F)(F)F)cs1. The van der Waals surface area contributed by atoms with Gasteiger partial charge >= 0.3 is 6.18 Å². The lowest BCUT2D eigenvalue weighted by Crippen LogP contribution is -2.36. The highest BCUT2D eigenvalue weighted by molar-refractivity contribution is 9.10. The summed E-state index contributed by atoms with van der Waals surface area (Å²) in [6.45, 7) is 3.22. The van der Waals surface area contributed by atoms with Gasteiger partial charge in [0.15, 0.2) is 11.7 Å². The highest BCUT2D eigenvalue weighted by Gasteiger charge is 2.33. The molecule has 4 nitrogen and oxygen atoms in total. The Bertz CT molecular complexity index is 683. The Balaban J connectivity index is 1.96. The van der Waals surface area contributed by atoms with Crippen molar-refractivity contribution in [1.82, 2.24) is 15.6 Å². The third kappa shape index (κ3) is 5.79. The number of nitrogens with one attached hydrogen (secondary N) is 2. The molecule has 0 amide bonds. The molecule has 2 N–H and O–H groups in total. The summed E-state index contributed by atoms with van der Waals surface area (Å²) in [4.78, 5) is 8.00. The molecule has 0 radical (unpaired) electrons. The fourth-order valence-electron chi connectivity index (χ4n) is 1.78. The van der Waals surface area contributed by atoms with Crippen LogP contribution in [0.15, 0.2) is 39.1 Å². The van der Waals surface area contributed by atoms with Gasteiger partial charge in [-0.05, 0) is 24.6 Å². The number of alkyl halides is 3. The zero-order valence-electron chi connectivity index (χ0n) is 12.8. The average molecular weight is 421 g/mol. The van der Waals surface area contributed by atoms with Crippen molar-refractivity contribution in [1.29, 1.82) is 0 Å². The number of guanidine groups is 1. The van der Waals surface area contributed by atoms with Gasteiger partial charge in [-0.25, -0.2) is 9.98 Å². The van der Waals surface area contributed by atoms with Crippen LogP contribution in [0.2, 0.25) is 0 Å². The molecule has 0 aliphatic rings. The van der Waals surface area contributed by atoms with E-state index in [4.69, 9.17) is 0 Å². The predicted octanol–water partition coefficient (Wildman–Crippen LogP) is 4.18. The van der Waals surface area contributed by atoms with Gasteiger partial charge in [-0.2, -0.15) is 13.2 Å². The smallest absolute Gasteiger partial charge is 0.357 e. The van der Waals surface area contributed by atoms with Crippen molar-refractivity contribution < 1.29 is 13.2 Å². The summed E-state index contributed by atoms with van der Waals surface area (Å²) in [6, 6.07) is 7.76. The Kier molecular flexibility index (Phi) is 6.61. The molecular formula is C15H16BrF3N4S. The number of thiazole rings is 1. The highest BCUT2D eigenvalue weighted by Crippen LogP contribution is 2.29. The van der Waals surface area contributed by atoms with Crippen LogP contribution in [-0.2, 0) is 19.3 Å². The first-order valence-electron chi connectivity index (χ1n) is 7.16. The lowest BCUT2D eigenvalue weighted by atomic mass is 10.2. The summed E-state index contributed by atoms with van der Waals surface area (Å²) in [6.07, 6.45) is -4.41. The average Bonchev–Trinajstić information content (AvgIpc) is 3.01. The Hall–Kier alpha value is -1.61. The van der Waals surface area contributed by atoms with E-state index >= 15 is 0 Å². The number of hydrogen-bond acceptors (Lipinski definition) is 3. The fraction of sp³-hybridized carbons (Fsp3) is 0.333. The van der Waals surface area contributed by atoms with Crippen molar-refractivity contribution in [3.8, 4) is 0 Å². The lowest BCUT2D eigenvalue weighted by Gasteiger charge is -2.10. The van der Waals surface area contributed by atoms with Gasteiger partial charge in [0, 0.05) is 16.4 Å². The van der Waals surface area contributed by atoms with Crippen molar-refractivity contribution in [2.24, 2.45) is 4.99 Å². The van der Waals surface area contributed by atoms with E-state index in [-0.39, 0.29) is 6.54 Å². The van der Waals surface area contributed by atoms with E-state index in [0.29, 0.717) is 24.1 Å². The van der Waals surface area contributed by atoms with Crippen LogP contribution in [0, 0.1) is 0 Å². The maximum Gasteiger partial charge on any atom is 0.434 e. The van der Waals surface area contributed by atoms with Gasteiger partial charge < -0.3 is 10.6 Å². The van der Waals surface area contributed by atoms with Crippen LogP contribution in [0.25, 0.3) is 0 Å². The molecule has 130 valence electrons. The lowest BCUT2D eigenvalue weighted by molar-refractivity contribution is -0.140. The number of nitrogens with zero attached hydrogens (tertiary/aromatic N) is 2. The molecule has 9 heteroatoms. The summed E-state index contributed by atoms with van der Waals surface area (Å²) < 4.78 is 38.6. The first kappa shape index (κ1) is 18.7. The quantitative estimate of drug-likeness (QED) is 0.563. The standard InChI is InChI=1S/C15H16BrF3N4S/c1-2-20-14(21-7-10-3-5-11(16)6-4-10)22-8-13-23-12(9-24-13)15(17,18)19/h3-6,9H,2,7-8H2,1H3,(H2,20,21,22). The number of halogens is 4. The Morgan fingerprint density at radius 2 is 1.96 bits per heavy atom. The first-order chi connectivity index (χ1) is 11.4. The van der Waals surface area contributed by atoms with Gasteiger partial charge in [-0.3, -0.25) is 0 Å². The van der Waals surface area contributed by atoms with Crippen molar-refractivity contribution in [3.05, 3.63) is 50.4 Å². The molecule has 1 aromatic heterocycles. The molecule has 0 saturated carbocycles. The second-order valence-electron chi connectivity index (χ2n) is 4.80. The summed E-state index contributed by atoms with van der Waals surface area (Å²) >= 11 is 4.34. The van der Waals surface area contributed by atoms with Gasteiger partial charge in [-0.15, -0.1) is 11.3 Å². The van der Waals surface area contributed by atoms with E-state index in [1.807, 2.05) is 31.2 Å². The molecule has 1 aromatic carbocycles. The topological polar surface area (TPSA) is 49.3 Å². The molecule has 0 aliphatic heterocycles. The first-order valence-corrected chi connectivity index (χ1v) is 8.84. The second-order valence-corrected chi connectivity index (χ2v) is 6.66. The van der Waals surface area contributed by atoms with Crippen LogP contribution < -0.4 is 10.6 Å². The predicted molar refractivity (Wildman–Crippen MR) is 92.9 cm³/mol. The largest absolute Gasteiger partial charge is 0.434 e. The summed E-state index contributed by atoms with van der Waals surface area (Å²) in [5.41, 5.74) is 0.171. The van der Waals surface area contributed by atoms with E-state index < -0.39 is 11.9 Å². The Labute approximate surface area is 150 Å². The summed E-state index contributed by atoms with van der Waals surface area (Å²) in [5, 5.41) is 7.42. The molecule has 2 rings (SSSR count). The molecule has 1 heterocycles. The molecule has 0 saturated heterocycles. The molecule has 0 bridgehead atoms. The van der Waals surface area contributed by atoms with Crippen LogP contribution in [0.4, 0.5) is 13.2 Å². The maximum absolute atomic E-state index is 12.5. The maximum atomic E-state index is 12.5. The number of aromatic nitrogens is 1. The van der Waals surface area contributed by atoms with Gasteiger partial charge in [0.05, 0.1) is 13.1 Å². The van der Waals surface area contributed by atoms with Crippen molar-refractivity contribution >= 4 is 33.2 Å². The van der Waals surface area contributed by atoms with E-state index in [0.717, 1.165) is 26.8 Å². The van der Waals surface area contributed by atoms with Crippen LogP contribution >= 0.6 is 27.3 Å². The van der Waals surface area contributed by atoms with Gasteiger partial charge in [0.2, 0.25) is 0 Å². The second kappa shape index (κ2) is 8.48. The zero-order chi connectivity index (χ0) is 17.6. The van der Waals surface area contributed by atoms with Crippen molar-refractivity contribution in [2.75, 3.05) is 6.54 Å². The van der Waals surface area contributed by atoms with E-state index in [1.165, 1.54) is 0 Å². The molecule has 0 atom stereocenters. The van der Waals surface area contributed by atoms with E-state index in [9.17, 15) is 13.2 Å². The Morgan fingerprint density at radius 1 is 1.25 bits per heavy atom. The highest BCUT2D eigenvalue weighted by atomic mass is 79.9. The fourth-order valence-corrected chi connectivity index (χ4v) is 2.79. The molecular weight excluding hydrogens is 405 g/mol. The van der Waals surface area contributed by atoms with Crippen molar-refractivity contribution in [3.63, 3.8) is 0 Å². The third-order valence-corrected chi connectivity index (χ3v) is 4.30. The minimum Gasteiger partial charge on any atom is -0.357 e. The molecule has 24 heavy (non-hydrogen) atoms. The third-order valence-electron chi connectivity index (χ3n) is 2.93. The van der Waals surface area contributed by atoms with Crippen LogP contribution in [-0.4, -0.2) is 17.5 Å². The number of aliphatic imine (C=N–C) groups is 1. The molecule has 2 aromatic rings. The van der Waals surface area contributed by atoms with E-state index in [1.54, 1.807) is 0 Å². The molecule has 0 fully saturated rings. The normalized spacial score (nSPS) is 12.3. The van der Waals surface area contributed by atoms with Gasteiger partial charge in [0.25, 0.3) is 0 Å². The van der Waals surface area contributed by atoms with Gasteiger partial charge in [-0.1, -0.05) is 28.1 Å². The number of benzene rings is 1. The zero-order valence-corrected chi connectivity index (χ0v) is 15.2. The molecule has 0 aliphatic carbocycles. The minimum atomic E-state index is -4.41. The van der Waals surface area contributed by atoms with Crippen LogP contribution in [0.1, 0.15) is 23.2 Å². The number of hydrogen-bond donors (Lipinski definition) is 2. The summed E-state index contributed by atoms with van der Waals surface area (Å²) in [5.74, 6) is 0.532. The monoisotopic (exact) mass is 420 g/mol. The van der Waals surface area contributed by atoms with Crippen LogP contribution in [0.3, 0.4) is 0 Å².